The van der Waals surface area contributed by atoms with Gasteiger partial charge in [0.1, 0.15) is 0 Å². The summed E-state index contributed by atoms with van der Waals surface area (Å²) in [5.41, 5.74) is 1.20. The molecule has 12 heavy (non-hydrogen) atoms. The first-order valence-electron chi connectivity index (χ1n) is 3.95. The SMILES string of the molecule is Cn1nc(C(=O)O)cc1C1CC1. The third-order valence-corrected chi connectivity index (χ3v) is 2.13. The van der Waals surface area contributed by atoms with Gasteiger partial charge in [-0.1, -0.05) is 0 Å². The average Bonchev–Trinajstić information content (AvgIpc) is 2.75. The number of hydrogen-bond acceptors (Lipinski definition) is 2. The van der Waals surface area contributed by atoms with Crippen molar-refractivity contribution in [2.75, 3.05) is 0 Å². The summed E-state index contributed by atoms with van der Waals surface area (Å²) < 4.78 is 1.67. The number of carbonyl (C=O) groups is 1. The molecule has 0 atom stereocenters. The van der Waals surface area contributed by atoms with Crippen LogP contribution in [0.3, 0.4) is 0 Å². The van der Waals surface area contributed by atoms with E-state index in [1.54, 1.807) is 17.8 Å². The van der Waals surface area contributed by atoms with Crippen LogP contribution in [0.1, 0.15) is 34.9 Å². The highest BCUT2D eigenvalue weighted by Gasteiger charge is 2.28. The van der Waals surface area contributed by atoms with E-state index < -0.39 is 5.97 Å². The van der Waals surface area contributed by atoms with Gasteiger partial charge in [0.2, 0.25) is 0 Å². The molecule has 64 valence electrons. The Morgan fingerprint density at radius 2 is 2.42 bits per heavy atom. The van der Waals surface area contributed by atoms with Crippen molar-refractivity contribution in [3.05, 3.63) is 17.5 Å². The molecule has 0 aliphatic heterocycles. The molecule has 0 radical (unpaired) electrons. The molecule has 0 bridgehead atoms. The fourth-order valence-corrected chi connectivity index (χ4v) is 1.35. The molecule has 0 aromatic carbocycles. The Hall–Kier alpha value is -1.32. The van der Waals surface area contributed by atoms with Gasteiger partial charge in [0.25, 0.3) is 0 Å². The summed E-state index contributed by atoms with van der Waals surface area (Å²) in [6.07, 6.45) is 2.33. The quantitative estimate of drug-likeness (QED) is 0.712. The Morgan fingerprint density at radius 1 is 1.75 bits per heavy atom. The molecule has 1 aliphatic rings. The lowest BCUT2D eigenvalue weighted by atomic mass is 10.2. The van der Waals surface area contributed by atoms with Crippen LogP contribution in [0.15, 0.2) is 6.07 Å². The summed E-state index contributed by atoms with van der Waals surface area (Å²) in [6, 6.07) is 1.67. The van der Waals surface area contributed by atoms with E-state index in [2.05, 4.69) is 5.10 Å². The second kappa shape index (κ2) is 2.33. The molecule has 1 aromatic rings. The minimum absolute atomic E-state index is 0.152. The summed E-state index contributed by atoms with van der Waals surface area (Å²) in [6.45, 7) is 0. The Bertz CT molecular complexity index is 326. The van der Waals surface area contributed by atoms with E-state index in [1.165, 1.54) is 12.8 Å². The van der Waals surface area contributed by atoms with Crippen LogP contribution in [-0.4, -0.2) is 20.9 Å². The third-order valence-electron chi connectivity index (χ3n) is 2.13. The van der Waals surface area contributed by atoms with Crippen molar-refractivity contribution in [2.24, 2.45) is 7.05 Å². The van der Waals surface area contributed by atoms with Crippen LogP contribution in [0.4, 0.5) is 0 Å². The monoisotopic (exact) mass is 166 g/mol. The largest absolute Gasteiger partial charge is 0.476 e. The third kappa shape index (κ3) is 1.09. The first kappa shape index (κ1) is 7.34. The standard InChI is InChI=1S/C8H10N2O2/c1-10-7(5-2-3-5)4-6(9-10)8(11)12/h4-5H,2-3H2,1H3,(H,11,12). The molecule has 1 N–H and O–H groups in total. The minimum atomic E-state index is -0.947. The average molecular weight is 166 g/mol. The summed E-state index contributed by atoms with van der Waals surface area (Å²) in [7, 11) is 1.79. The van der Waals surface area contributed by atoms with Crippen molar-refractivity contribution >= 4 is 5.97 Å². The van der Waals surface area contributed by atoms with Crippen LogP contribution in [-0.2, 0) is 7.05 Å². The van der Waals surface area contributed by atoms with Gasteiger partial charge in [-0.15, -0.1) is 0 Å². The number of rotatable bonds is 2. The first-order chi connectivity index (χ1) is 5.68. The topological polar surface area (TPSA) is 55.1 Å². The summed E-state index contributed by atoms with van der Waals surface area (Å²) in [5.74, 6) is -0.395. The zero-order valence-corrected chi connectivity index (χ0v) is 6.82. The molecular weight excluding hydrogens is 156 g/mol. The summed E-state index contributed by atoms with van der Waals surface area (Å²) >= 11 is 0. The van der Waals surface area contributed by atoms with Crippen LogP contribution in [0.2, 0.25) is 0 Å². The lowest BCUT2D eigenvalue weighted by molar-refractivity contribution is 0.0689. The Labute approximate surface area is 69.8 Å². The normalized spacial score (nSPS) is 16.4. The number of aromatic nitrogens is 2. The zero-order chi connectivity index (χ0) is 8.72. The first-order valence-corrected chi connectivity index (χ1v) is 3.95. The molecule has 0 spiro atoms. The van der Waals surface area contributed by atoms with E-state index in [1.807, 2.05) is 0 Å². The van der Waals surface area contributed by atoms with Gasteiger partial charge in [0.15, 0.2) is 5.69 Å². The smallest absolute Gasteiger partial charge is 0.356 e. The highest BCUT2D eigenvalue weighted by atomic mass is 16.4. The van der Waals surface area contributed by atoms with Crippen molar-refractivity contribution in [1.82, 2.24) is 9.78 Å². The maximum absolute atomic E-state index is 10.5. The number of hydrogen-bond donors (Lipinski definition) is 1. The lowest BCUT2D eigenvalue weighted by Crippen LogP contribution is -1.99. The van der Waals surface area contributed by atoms with Gasteiger partial charge < -0.3 is 5.11 Å². The van der Waals surface area contributed by atoms with Gasteiger partial charge in [0.05, 0.1) is 0 Å². The molecule has 1 heterocycles. The molecule has 1 saturated carbocycles. The fraction of sp³-hybridized carbons (Fsp3) is 0.500. The molecular formula is C8H10N2O2. The molecule has 1 fully saturated rings. The van der Waals surface area contributed by atoms with Gasteiger partial charge in [-0.05, 0) is 18.9 Å². The van der Waals surface area contributed by atoms with Gasteiger partial charge in [0, 0.05) is 18.7 Å². The van der Waals surface area contributed by atoms with Crippen molar-refractivity contribution in [2.45, 2.75) is 18.8 Å². The van der Waals surface area contributed by atoms with Crippen LogP contribution >= 0.6 is 0 Å². The number of nitrogens with zero attached hydrogens (tertiary/aromatic N) is 2. The van der Waals surface area contributed by atoms with E-state index >= 15 is 0 Å². The van der Waals surface area contributed by atoms with Crippen LogP contribution in [0.25, 0.3) is 0 Å². The molecule has 1 aromatic heterocycles. The fourth-order valence-electron chi connectivity index (χ4n) is 1.35. The Morgan fingerprint density at radius 3 is 2.83 bits per heavy atom. The van der Waals surface area contributed by atoms with E-state index in [4.69, 9.17) is 5.11 Å². The van der Waals surface area contributed by atoms with E-state index in [0.717, 1.165) is 5.69 Å². The van der Waals surface area contributed by atoms with Crippen LogP contribution in [0.5, 0.6) is 0 Å². The highest BCUT2D eigenvalue weighted by Crippen LogP contribution is 2.39. The van der Waals surface area contributed by atoms with Crippen molar-refractivity contribution in [3.8, 4) is 0 Å². The van der Waals surface area contributed by atoms with Gasteiger partial charge in [-0.3, -0.25) is 4.68 Å². The number of aryl methyl sites for hydroxylation is 1. The maximum atomic E-state index is 10.5. The lowest BCUT2D eigenvalue weighted by Gasteiger charge is -1.94. The summed E-state index contributed by atoms with van der Waals surface area (Å²) in [4.78, 5) is 10.5. The van der Waals surface area contributed by atoms with Crippen molar-refractivity contribution in [3.63, 3.8) is 0 Å². The molecule has 1 aliphatic carbocycles. The number of aromatic carboxylic acids is 1. The molecule has 4 nitrogen and oxygen atoms in total. The van der Waals surface area contributed by atoms with Crippen LogP contribution < -0.4 is 0 Å². The van der Waals surface area contributed by atoms with Gasteiger partial charge in [-0.2, -0.15) is 5.10 Å². The van der Waals surface area contributed by atoms with Crippen LogP contribution in [0, 0.1) is 0 Å². The minimum Gasteiger partial charge on any atom is -0.476 e. The molecule has 0 saturated heterocycles. The molecule has 0 amide bonds. The van der Waals surface area contributed by atoms with Gasteiger partial charge in [-0.25, -0.2) is 4.79 Å². The maximum Gasteiger partial charge on any atom is 0.356 e. The van der Waals surface area contributed by atoms with Crippen molar-refractivity contribution < 1.29 is 9.90 Å². The molecule has 0 unspecified atom stereocenters. The zero-order valence-electron chi connectivity index (χ0n) is 6.82. The number of carboxylic acids is 1. The second-order valence-electron chi connectivity index (χ2n) is 3.16. The molecule has 4 heteroatoms. The predicted molar refractivity (Wildman–Crippen MR) is 42.1 cm³/mol. The van der Waals surface area contributed by atoms with E-state index in [9.17, 15) is 4.79 Å². The van der Waals surface area contributed by atoms with Gasteiger partial charge >= 0.3 is 5.97 Å². The Balaban J connectivity index is 2.36. The Kier molecular flexibility index (Phi) is 1.43. The van der Waals surface area contributed by atoms with E-state index in [-0.39, 0.29) is 5.69 Å². The second-order valence-corrected chi connectivity index (χ2v) is 3.16. The predicted octanol–water partition coefficient (Wildman–Crippen LogP) is 0.996. The highest BCUT2D eigenvalue weighted by molar-refractivity contribution is 5.85. The van der Waals surface area contributed by atoms with E-state index in [0.29, 0.717) is 5.92 Å². The number of carboxylic acid groups (broad SMARTS) is 1. The summed E-state index contributed by atoms with van der Waals surface area (Å²) in [5, 5.41) is 12.5. The molecule has 2 rings (SSSR count). The van der Waals surface area contributed by atoms with Crippen molar-refractivity contribution in [1.29, 1.82) is 0 Å².